The van der Waals surface area contributed by atoms with Crippen LogP contribution in [0.4, 0.5) is 10.5 Å². The van der Waals surface area contributed by atoms with Gasteiger partial charge in [-0.25, -0.2) is 15.2 Å². The highest BCUT2D eigenvalue weighted by Crippen LogP contribution is 2.09. The molecule has 0 bridgehead atoms. The number of hydrazine groups is 1. The largest absolute Gasteiger partial charge is 0.378 e. The van der Waals surface area contributed by atoms with Crippen LogP contribution in [0.2, 0.25) is 0 Å². The highest BCUT2D eigenvalue weighted by molar-refractivity contribution is 5.84. The number of ether oxygens (including phenoxy) is 1. The highest BCUT2D eigenvalue weighted by Gasteiger charge is 2.18. The molecule has 1 N–H and O–H groups in total. The fraction of sp³-hybridized carbons (Fsp3) is 0.333. The molecule has 6 nitrogen and oxygen atoms in total. The molecular weight excluding hydrogens is 234 g/mol. The van der Waals surface area contributed by atoms with Crippen LogP contribution >= 0.6 is 0 Å². The summed E-state index contributed by atoms with van der Waals surface area (Å²) in [6.45, 7) is 2.13. The standard InChI is InChI=1S/C12H15N3O3/c16-10-15(11-4-2-1-3-5-11)13-12(17)14-6-8-18-9-7-14/h1-5,10H,6-9H2,(H,13,17). The van der Waals surface area contributed by atoms with E-state index in [1.54, 1.807) is 29.2 Å². The lowest BCUT2D eigenvalue weighted by Gasteiger charge is -2.29. The molecule has 2 rings (SSSR count). The van der Waals surface area contributed by atoms with Crippen LogP contribution in [-0.4, -0.2) is 43.6 Å². The Bertz CT molecular complexity index is 404. The van der Waals surface area contributed by atoms with Crippen LogP contribution in [-0.2, 0) is 9.53 Å². The zero-order valence-corrected chi connectivity index (χ0v) is 9.91. The Morgan fingerprint density at radius 1 is 1.28 bits per heavy atom. The Morgan fingerprint density at radius 2 is 1.94 bits per heavy atom. The summed E-state index contributed by atoms with van der Waals surface area (Å²) in [7, 11) is 0. The van der Waals surface area contributed by atoms with Gasteiger partial charge in [0.2, 0.25) is 6.41 Å². The van der Waals surface area contributed by atoms with E-state index in [9.17, 15) is 9.59 Å². The number of urea groups is 1. The maximum absolute atomic E-state index is 11.9. The van der Waals surface area contributed by atoms with Gasteiger partial charge in [0.05, 0.1) is 18.9 Å². The Labute approximate surface area is 105 Å². The zero-order chi connectivity index (χ0) is 12.8. The second-order valence-corrected chi connectivity index (χ2v) is 3.83. The van der Waals surface area contributed by atoms with Gasteiger partial charge in [0, 0.05) is 13.1 Å². The van der Waals surface area contributed by atoms with Gasteiger partial charge < -0.3 is 9.64 Å². The van der Waals surface area contributed by atoms with E-state index in [1.807, 2.05) is 6.07 Å². The highest BCUT2D eigenvalue weighted by atomic mass is 16.5. The molecular formula is C12H15N3O3. The number of anilines is 1. The SMILES string of the molecule is O=CN(NC(=O)N1CCOCC1)c1ccccc1. The summed E-state index contributed by atoms with van der Waals surface area (Å²) in [6.07, 6.45) is 0.577. The van der Waals surface area contributed by atoms with Gasteiger partial charge in [-0.05, 0) is 12.1 Å². The Morgan fingerprint density at radius 3 is 2.56 bits per heavy atom. The van der Waals surface area contributed by atoms with E-state index in [0.717, 1.165) is 5.01 Å². The number of benzene rings is 1. The topological polar surface area (TPSA) is 61.9 Å². The third-order valence-electron chi connectivity index (χ3n) is 2.65. The zero-order valence-electron chi connectivity index (χ0n) is 9.91. The summed E-state index contributed by atoms with van der Waals surface area (Å²) < 4.78 is 5.16. The van der Waals surface area contributed by atoms with Crippen LogP contribution < -0.4 is 10.4 Å². The van der Waals surface area contributed by atoms with Crippen molar-refractivity contribution in [2.24, 2.45) is 0 Å². The van der Waals surface area contributed by atoms with Gasteiger partial charge in [0.15, 0.2) is 0 Å². The molecule has 1 aromatic carbocycles. The molecule has 1 aromatic rings. The molecule has 96 valence electrons. The van der Waals surface area contributed by atoms with E-state index in [2.05, 4.69) is 5.43 Å². The van der Waals surface area contributed by atoms with Crippen molar-refractivity contribution in [1.29, 1.82) is 0 Å². The van der Waals surface area contributed by atoms with Crippen molar-refractivity contribution in [2.75, 3.05) is 31.3 Å². The number of hydrogen-bond donors (Lipinski definition) is 1. The lowest BCUT2D eigenvalue weighted by Crippen LogP contribution is -2.52. The van der Waals surface area contributed by atoms with Crippen molar-refractivity contribution in [1.82, 2.24) is 10.3 Å². The summed E-state index contributed by atoms with van der Waals surface area (Å²) in [5.41, 5.74) is 3.17. The number of amides is 3. The molecule has 0 aliphatic carbocycles. The van der Waals surface area contributed by atoms with Gasteiger partial charge >= 0.3 is 6.03 Å². The predicted molar refractivity (Wildman–Crippen MR) is 65.9 cm³/mol. The van der Waals surface area contributed by atoms with Crippen LogP contribution in [0.3, 0.4) is 0 Å². The number of rotatable bonds is 3. The van der Waals surface area contributed by atoms with Gasteiger partial charge in [-0.15, -0.1) is 0 Å². The third-order valence-corrected chi connectivity index (χ3v) is 2.65. The van der Waals surface area contributed by atoms with E-state index in [1.165, 1.54) is 0 Å². The second kappa shape index (κ2) is 6.02. The number of nitrogens with zero attached hydrogens (tertiary/aromatic N) is 2. The number of hydrogen-bond acceptors (Lipinski definition) is 3. The van der Waals surface area contributed by atoms with Crippen LogP contribution in [0.25, 0.3) is 0 Å². The fourth-order valence-electron chi connectivity index (χ4n) is 1.68. The maximum atomic E-state index is 11.9. The summed E-state index contributed by atoms with van der Waals surface area (Å²) in [5, 5.41) is 1.16. The van der Waals surface area contributed by atoms with Crippen LogP contribution in [0.1, 0.15) is 0 Å². The van der Waals surface area contributed by atoms with E-state index in [4.69, 9.17) is 4.74 Å². The minimum Gasteiger partial charge on any atom is -0.378 e. The summed E-state index contributed by atoms with van der Waals surface area (Å²) >= 11 is 0. The molecule has 0 spiro atoms. The number of carbonyl (C=O) groups is 2. The van der Waals surface area contributed by atoms with Crippen LogP contribution in [0.15, 0.2) is 30.3 Å². The van der Waals surface area contributed by atoms with E-state index in [0.29, 0.717) is 38.4 Å². The second-order valence-electron chi connectivity index (χ2n) is 3.83. The lowest BCUT2D eigenvalue weighted by molar-refractivity contribution is -0.107. The maximum Gasteiger partial charge on any atom is 0.336 e. The molecule has 6 heteroatoms. The van der Waals surface area contributed by atoms with Crippen molar-refractivity contribution in [3.63, 3.8) is 0 Å². The van der Waals surface area contributed by atoms with Crippen LogP contribution in [0, 0.1) is 0 Å². The first kappa shape index (κ1) is 12.4. The number of carbonyl (C=O) groups excluding carboxylic acids is 2. The average molecular weight is 249 g/mol. The third kappa shape index (κ3) is 2.98. The quantitative estimate of drug-likeness (QED) is 0.630. The first-order chi connectivity index (χ1) is 8.81. The molecule has 0 aromatic heterocycles. The molecule has 1 aliphatic rings. The first-order valence-electron chi connectivity index (χ1n) is 5.74. The minimum absolute atomic E-state index is 0.297. The van der Waals surface area contributed by atoms with Crippen molar-refractivity contribution < 1.29 is 14.3 Å². The Hall–Kier alpha value is -2.08. The molecule has 1 aliphatic heterocycles. The monoisotopic (exact) mass is 249 g/mol. The van der Waals surface area contributed by atoms with Crippen molar-refractivity contribution in [3.05, 3.63) is 30.3 Å². The number of morpholine rings is 1. The summed E-state index contributed by atoms with van der Waals surface area (Å²) in [6, 6.07) is 8.63. The van der Waals surface area contributed by atoms with E-state index < -0.39 is 0 Å². The molecule has 18 heavy (non-hydrogen) atoms. The Balaban J connectivity index is 1.98. The predicted octanol–water partition coefficient (Wildman–Crippen LogP) is 0.606. The summed E-state index contributed by atoms with van der Waals surface area (Å²) in [5.74, 6) is 0. The average Bonchev–Trinajstić information content (AvgIpc) is 2.46. The molecule has 0 saturated carbocycles. The molecule has 0 unspecified atom stereocenters. The van der Waals surface area contributed by atoms with Crippen molar-refractivity contribution >= 4 is 18.1 Å². The van der Waals surface area contributed by atoms with Gasteiger partial charge in [-0.1, -0.05) is 18.2 Å². The fourth-order valence-corrected chi connectivity index (χ4v) is 1.68. The number of nitrogens with one attached hydrogen (secondary N) is 1. The molecule has 0 radical (unpaired) electrons. The molecule has 1 fully saturated rings. The molecule has 0 atom stereocenters. The van der Waals surface area contributed by atoms with E-state index in [-0.39, 0.29) is 6.03 Å². The van der Waals surface area contributed by atoms with Gasteiger partial charge in [0.1, 0.15) is 0 Å². The van der Waals surface area contributed by atoms with E-state index >= 15 is 0 Å². The first-order valence-corrected chi connectivity index (χ1v) is 5.74. The molecule has 1 heterocycles. The van der Waals surface area contributed by atoms with Gasteiger partial charge in [0.25, 0.3) is 0 Å². The van der Waals surface area contributed by atoms with Crippen molar-refractivity contribution in [2.45, 2.75) is 0 Å². The number of para-hydroxylation sites is 1. The molecule has 1 saturated heterocycles. The Kier molecular flexibility index (Phi) is 4.14. The lowest BCUT2D eigenvalue weighted by atomic mass is 10.3. The minimum atomic E-state index is -0.297. The summed E-state index contributed by atoms with van der Waals surface area (Å²) in [4.78, 5) is 24.5. The molecule has 3 amide bonds. The van der Waals surface area contributed by atoms with Gasteiger partial charge in [-0.2, -0.15) is 0 Å². The normalized spacial score (nSPS) is 15.0. The van der Waals surface area contributed by atoms with Gasteiger partial charge in [-0.3, -0.25) is 4.79 Å². The van der Waals surface area contributed by atoms with Crippen molar-refractivity contribution in [3.8, 4) is 0 Å². The van der Waals surface area contributed by atoms with Crippen LogP contribution in [0.5, 0.6) is 0 Å². The smallest absolute Gasteiger partial charge is 0.336 e.